The van der Waals surface area contributed by atoms with Crippen molar-refractivity contribution < 1.29 is 8.42 Å². The van der Waals surface area contributed by atoms with E-state index in [1.165, 1.54) is 15.4 Å². The molecule has 0 amide bonds. The summed E-state index contributed by atoms with van der Waals surface area (Å²) >= 11 is 0. The molecule has 0 atom stereocenters. The molecular weight excluding hydrogens is 286 g/mol. The number of benzene rings is 1. The van der Waals surface area contributed by atoms with Crippen molar-refractivity contribution in [2.45, 2.75) is 32.6 Å². The summed E-state index contributed by atoms with van der Waals surface area (Å²) in [7, 11) is -1.85. The highest BCUT2D eigenvalue weighted by Crippen LogP contribution is 2.25. The molecule has 2 rings (SSSR count). The molecule has 1 aliphatic carbocycles. The van der Waals surface area contributed by atoms with Gasteiger partial charge in [0.15, 0.2) is 0 Å². The average Bonchev–Trinajstić information content (AvgIpc) is 2.90. The Morgan fingerprint density at radius 3 is 2.76 bits per heavy atom. The minimum Gasteiger partial charge on any atom is -0.317 e. The molecule has 0 radical (unpaired) electrons. The van der Waals surface area contributed by atoms with E-state index in [-0.39, 0.29) is 0 Å². The summed E-state index contributed by atoms with van der Waals surface area (Å²) < 4.78 is 28.6. The van der Waals surface area contributed by atoms with Gasteiger partial charge < -0.3 is 5.32 Å². The summed E-state index contributed by atoms with van der Waals surface area (Å²) in [6, 6.07) is 5.85. The van der Waals surface area contributed by atoms with Gasteiger partial charge in [-0.25, -0.2) is 0 Å². The molecule has 0 aromatic heterocycles. The van der Waals surface area contributed by atoms with Crippen molar-refractivity contribution in [2.24, 2.45) is 0 Å². The highest BCUT2D eigenvalue weighted by molar-refractivity contribution is 7.90. The lowest BCUT2D eigenvalue weighted by atomic mass is 10.1. The molecule has 0 spiro atoms. The van der Waals surface area contributed by atoms with Gasteiger partial charge in [0.05, 0.1) is 5.69 Å². The predicted octanol–water partition coefficient (Wildman–Crippen LogP) is 1.76. The maximum Gasteiger partial charge on any atom is 0.301 e. The van der Waals surface area contributed by atoms with Gasteiger partial charge in [0.1, 0.15) is 0 Å². The Labute approximate surface area is 127 Å². The van der Waals surface area contributed by atoms with Gasteiger partial charge >= 0.3 is 10.2 Å². The largest absolute Gasteiger partial charge is 0.317 e. The second-order valence-corrected chi connectivity index (χ2v) is 7.25. The van der Waals surface area contributed by atoms with Crippen LogP contribution in [-0.4, -0.2) is 39.4 Å². The van der Waals surface area contributed by atoms with Gasteiger partial charge in [0.2, 0.25) is 0 Å². The minimum absolute atomic E-state index is 0.507. The summed E-state index contributed by atoms with van der Waals surface area (Å²) in [4.78, 5) is 0. The molecule has 0 bridgehead atoms. The van der Waals surface area contributed by atoms with Crippen LogP contribution in [0.2, 0.25) is 0 Å². The third kappa shape index (κ3) is 4.43. The van der Waals surface area contributed by atoms with Crippen LogP contribution in [-0.2, 0) is 23.1 Å². The monoisotopic (exact) mass is 311 g/mol. The molecule has 21 heavy (non-hydrogen) atoms. The first-order valence-corrected chi connectivity index (χ1v) is 9.03. The van der Waals surface area contributed by atoms with Crippen LogP contribution in [0.15, 0.2) is 18.2 Å². The third-order valence-corrected chi connectivity index (χ3v) is 5.33. The van der Waals surface area contributed by atoms with Crippen molar-refractivity contribution in [3.8, 4) is 0 Å². The van der Waals surface area contributed by atoms with Crippen LogP contribution in [0.3, 0.4) is 0 Å². The Balaban J connectivity index is 1.93. The van der Waals surface area contributed by atoms with Crippen molar-refractivity contribution >= 4 is 15.9 Å². The zero-order valence-electron chi connectivity index (χ0n) is 12.9. The Morgan fingerprint density at radius 2 is 2.00 bits per heavy atom. The molecule has 118 valence electrons. The van der Waals surface area contributed by atoms with Crippen molar-refractivity contribution in [3.05, 3.63) is 29.3 Å². The number of nitrogens with one attached hydrogen (secondary N) is 2. The van der Waals surface area contributed by atoms with E-state index in [1.54, 1.807) is 7.05 Å². The molecule has 0 saturated carbocycles. The van der Waals surface area contributed by atoms with Gasteiger partial charge in [-0.2, -0.15) is 12.7 Å². The van der Waals surface area contributed by atoms with Crippen molar-refractivity contribution in [1.82, 2.24) is 9.62 Å². The number of rotatable bonds is 8. The maximum absolute atomic E-state index is 12.3. The van der Waals surface area contributed by atoms with E-state index < -0.39 is 10.2 Å². The van der Waals surface area contributed by atoms with Crippen LogP contribution < -0.4 is 10.0 Å². The number of hydrogen-bond acceptors (Lipinski definition) is 3. The highest BCUT2D eigenvalue weighted by Gasteiger charge is 2.18. The lowest BCUT2D eigenvalue weighted by molar-refractivity contribution is 0.459. The number of fused-ring (bicyclic) bond motifs is 1. The van der Waals surface area contributed by atoms with Crippen LogP contribution >= 0.6 is 0 Å². The summed E-state index contributed by atoms with van der Waals surface area (Å²) in [5, 5.41) is 3.19. The fourth-order valence-electron chi connectivity index (χ4n) is 2.59. The quantitative estimate of drug-likeness (QED) is 0.719. The molecule has 5 nitrogen and oxygen atoms in total. The van der Waals surface area contributed by atoms with E-state index in [1.807, 2.05) is 25.1 Å². The summed E-state index contributed by atoms with van der Waals surface area (Å²) in [6.45, 7) is 4.28. The molecule has 6 heteroatoms. The third-order valence-electron chi connectivity index (χ3n) is 3.83. The van der Waals surface area contributed by atoms with Crippen molar-refractivity contribution in [2.75, 3.05) is 31.4 Å². The molecule has 0 heterocycles. The van der Waals surface area contributed by atoms with Gasteiger partial charge in [-0.3, -0.25) is 4.72 Å². The van der Waals surface area contributed by atoms with Crippen LogP contribution in [0.1, 0.15) is 30.9 Å². The summed E-state index contributed by atoms with van der Waals surface area (Å²) in [5.74, 6) is 0. The SMILES string of the molecule is CCNCCCN(C)S(=O)(=O)Nc1ccc2c(c1)CCC2. The highest BCUT2D eigenvalue weighted by atomic mass is 32.2. The van der Waals surface area contributed by atoms with Crippen LogP contribution in [0.4, 0.5) is 5.69 Å². The van der Waals surface area contributed by atoms with E-state index >= 15 is 0 Å². The van der Waals surface area contributed by atoms with Gasteiger partial charge in [-0.05, 0) is 62.0 Å². The first kappa shape index (κ1) is 16.3. The molecule has 0 fully saturated rings. The molecule has 2 N–H and O–H groups in total. The van der Waals surface area contributed by atoms with E-state index in [0.29, 0.717) is 12.2 Å². The Hall–Kier alpha value is -1.11. The number of hydrogen-bond donors (Lipinski definition) is 2. The van der Waals surface area contributed by atoms with Crippen LogP contribution in [0.5, 0.6) is 0 Å². The van der Waals surface area contributed by atoms with Gasteiger partial charge in [0, 0.05) is 13.6 Å². The molecule has 0 aliphatic heterocycles. The fraction of sp³-hybridized carbons (Fsp3) is 0.600. The fourth-order valence-corrected chi connectivity index (χ4v) is 3.54. The summed E-state index contributed by atoms with van der Waals surface area (Å²) in [5.41, 5.74) is 3.27. The standard InChI is InChI=1S/C15H25N3O2S/c1-3-16-10-5-11-18(2)21(19,20)17-15-9-8-13-6-4-7-14(13)12-15/h8-9,12,16-17H,3-7,10-11H2,1-2H3. The molecular formula is C15H25N3O2S. The Bertz CT molecular complexity index is 572. The van der Waals surface area contributed by atoms with E-state index in [0.717, 1.165) is 38.8 Å². The number of anilines is 1. The second kappa shape index (κ2) is 7.24. The Morgan fingerprint density at radius 1 is 1.24 bits per heavy atom. The molecule has 0 unspecified atom stereocenters. The molecule has 1 aromatic rings. The zero-order chi connectivity index (χ0) is 15.3. The van der Waals surface area contributed by atoms with E-state index in [2.05, 4.69) is 10.0 Å². The normalized spacial score (nSPS) is 14.4. The van der Waals surface area contributed by atoms with E-state index in [9.17, 15) is 8.42 Å². The Kier molecular flexibility index (Phi) is 5.61. The lowest BCUT2D eigenvalue weighted by Gasteiger charge is -2.18. The van der Waals surface area contributed by atoms with Gasteiger partial charge in [-0.1, -0.05) is 13.0 Å². The first-order valence-electron chi connectivity index (χ1n) is 7.59. The zero-order valence-corrected chi connectivity index (χ0v) is 13.7. The second-order valence-electron chi connectivity index (χ2n) is 5.47. The predicted molar refractivity (Wildman–Crippen MR) is 86.8 cm³/mol. The average molecular weight is 311 g/mol. The van der Waals surface area contributed by atoms with E-state index in [4.69, 9.17) is 0 Å². The number of nitrogens with zero attached hydrogens (tertiary/aromatic N) is 1. The first-order chi connectivity index (χ1) is 10.0. The van der Waals surface area contributed by atoms with Crippen LogP contribution in [0.25, 0.3) is 0 Å². The summed E-state index contributed by atoms with van der Waals surface area (Å²) in [6.07, 6.45) is 4.11. The van der Waals surface area contributed by atoms with Crippen molar-refractivity contribution in [3.63, 3.8) is 0 Å². The molecule has 0 saturated heterocycles. The topological polar surface area (TPSA) is 61.4 Å². The van der Waals surface area contributed by atoms with Gasteiger partial charge in [0.25, 0.3) is 0 Å². The minimum atomic E-state index is -3.46. The molecule has 1 aromatic carbocycles. The number of aryl methyl sites for hydroxylation is 2. The van der Waals surface area contributed by atoms with Crippen molar-refractivity contribution in [1.29, 1.82) is 0 Å². The lowest BCUT2D eigenvalue weighted by Crippen LogP contribution is -2.34. The van der Waals surface area contributed by atoms with Crippen LogP contribution in [0, 0.1) is 0 Å². The maximum atomic E-state index is 12.3. The van der Waals surface area contributed by atoms with Gasteiger partial charge in [-0.15, -0.1) is 0 Å². The smallest absolute Gasteiger partial charge is 0.301 e. The molecule has 1 aliphatic rings.